The highest BCUT2D eigenvalue weighted by Gasteiger charge is 2.38. The third kappa shape index (κ3) is 7.43. The van der Waals surface area contributed by atoms with Crippen LogP contribution in [0, 0.1) is 0 Å². The van der Waals surface area contributed by atoms with Gasteiger partial charge in [-0.15, -0.1) is 0 Å². The van der Waals surface area contributed by atoms with E-state index in [0.29, 0.717) is 0 Å². The van der Waals surface area contributed by atoms with Gasteiger partial charge < -0.3 is 9.84 Å². The molecule has 5 rings (SSSR count). The van der Waals surface area contributed by atoms with Crippen molar-refractivity contribution in [3.05, 3.63) is 102 Å². The minimum absolute atomic E-state index is 0.176. The van der Waals surface area contributed by atoms with Crippen LogP contribution >= 0.6 is 0 Å². The van der Waals surface area contributed by atoms with Gasteiger partial charge in [-0.25, -0.2) is 4.79 Å². The van der Waals surface area contributed by atoms with Gasteiger partial charge in [-0.05, 0) is 89.8 Å². The molecule has 222 valence electrons. The normalized spacial score (nSPS) is 16.0. The van der Waals surface area contributed by atoms with Crippen molar-refractivity contribution in [1.82, 2.24) is 0 Å². The zero-order chi connectivity index (χ0) is 30.0. The molecule has 4 aromatic carbocycles. The Labute approximate surface area is 252 Å². The van der Waals surface area contributed by atoms with Gasteiger partial charge in [0, 0.05) is 5.57 Å². The summed E-state index contributed by atoms with van der Waals surface area (Å²) in [7, 11) is 0. The average molecular weight is 565 g/mol. The molecule has 1 aliphatic rings. The molecule has 1 atom stereocenters. The van der Waals surface area contributed by atoms with Gasteiger partial charge in [0.25, 0.3) is 0 Å². The number of aryl methyl sites for hydroxylation is 2. The highest BCUT2D eigenvalue weighted by molar-refractivity contribution is 6.08. The number of carbonyl (C=O) groups is 1. The third-order valence-corrected chi connectivity index (χ3v) is 8.80. The number of hydrogen-bond acceptors (Lipinski definition) is 2. The quantitative estimate of drug-likeness (QED) is 0.106. The molecule has 3 nitrogen and oxygen atoms in total. The number of benzene rings is 4. The highest BCUT2D eigenvalue weighted by Crippen LogP contribution is 2.45. The molecule has 0 aromatic heterocycles. The summed E-state index contributed by atoms with van der Waals surface area (Å²) in [6.45, 7) is 9.19. The lowest BCUT2D eigenvalue weighted by Gasteiger charge is -2.40. The Hall–Kier alpha value is -3.59. The maximum Gasteiger partial charge on any atom is 0.330 e. The van der Waals surface area contributed by atoms with Crippen molar-refractivity contribution in [2.75, 3.05) is 0 Å². The minimum atomic E-state index is -0.935. The first-order valence-corrected chi connectivity index (χ1v) is 16.0. The second-order valence-corrected chi connectivity index (χ2v) is 11.8. The van der Waals surface area contributed by atoms with Gasteiger partial charge in [0.15, 0.2) is 0 Å². The predicted octanol–water partition coefficient (Wildman–Crippen LogP) is 11.0. The van der Waals surface area contributed by atoms with Crippen LogP contribution in [0.15, 0.2) is 84.9 Å². The first-order valence-electron chi connectivity index (χ1n) is 16.0. The van der Waals surface area contributed by atoms with E-state index < -0.39 is 5.97 Å². The lowest BCUT2D eigenvalue weighted by Crippen LogP contribution is -2.36. The maximum atomic E-state index is 9.60. The summed E-state index contributed by atoms with van der Waals surface area (Å²) in [4.78, 5) is 9.60. The molecule has 0 radical (unpaired) electrons. The molecule has 0 fully saturated rings. The lowest BCUT2D eigenvalue weighted by atomic mass is 9.75. The number of rotatable bonds is 12. The van der Waals surface area contributed by atoms with E-state index in [1.165, 1.54) is 96.5 Å². The van der Waals surface area contributed by atoms with Gasteiger partial charge in [-0.3, -0.25) is 0 Å². The largest absolute Gasteiger partial charge is 0.482 e. The van der Waals surface area contributed by atoms with Crippen molar-refractivity contribution < 1.29 is 14.6 Å². The first kappa shape index (κ1) is 31.3. The Morgan fingerprint density at radius 2 is 1.50 bits per heavy atom. The van der Waals surface area contributed by atoms with Crippen molar-refractivity contribution in [3.8, 4) is 5.75 Å². The molecule has 0 spiro atoms. The Morgan fingerprint density at radius 1 is 0.833 bits per heavy atom. The number of para-hydroxylation sites is 1. The number of carboxylic acid groups (broad SMARTS) is 1. The van der Waals surface area contributed by atoms with Gasteiger partial charge in [-0.1, -0.05) is 126 Å². The van der Waals surface area contributed by atoms with Crippen LogP contribution in [0.2, 0.25) is 0 Å². The second kappa shape index (κ2) is 15.0. The maximum absolute atomic E-state index is 9.60. The molecule has 1 unspecified atom stereocenters. The van der Waals surface area contributed by atoms with E-state index in [1.54, 1.807) is 0 Å². The number of unbranched alkanes of at least 4 members (excludes halogenated alkanes) is 6. The standard InChI is InChI=1S/C35H42O.C4H6O2/c1-3-5-6-7-8-9-10-17-28-18-12-14-21-34(28)36-35(4-2)26-15-20-32-31-23-22-27-16-11-13-19-29(27)30(31)24-25-33(32)35;1-3(2)4(5)6/h11-14,16,18-19,21-25H,3-10,15,17,20,26H2,1-2H3;1H2,2H3,(H,5,6). The molecule has 0 amide bonds. The summed E-state index contributed by atoms with van der Waals surface area (Å²) in [5.74, 6) is 0.159. The molecule has 0 heterocycles. The van der Waals surface area contributed by atoms with Gasteiger partial charge in [-0.2, -0.15) is 0 Å². The van der Waals surface area contributed by atoms with Crippen LogP contribution < -0.4 is 4.74 Å². The monoisotopic (exact) mass is 564 g/mol. The molecule has 3 heteroatoms. The fourth-order valence-corrected chi connectivity index (χ4v) is 6.37. The number of fused-ring (bicyclic) bond motifs is 5. The molecule has 1 N–H and O–H groups in total. The van der Waals surface area contributed by atoms with Gasteiger partial charge in [0.2, 0.25) is 0 Å². The molecule has 0 aliphatic heterocycles. The predicted molar refractivity (Wildman–Crippen MR) is 178 cm³/mol. The molecule has 0 saturated heterocycles. The van der Waals surface area contributed by atoms with Gasteiger partial charge in [0.1, 0.15) is 11.4 Å². The first-order chi connectivity index (χ1) is 20.4. The number of aliphatic carboxylic acids is 1. The molecular formula is C39H48O3. The van der Waals surface area contributed by atoms with Crippen molar-refractivity contribution in [2.45, 2.75) is 103 Å². The van der Waals surface area contributed by atoms with Crippen LogP contribution in [0.4, 0.5) is 0 Å². The molecule has 0 saturated carbocycles. The lowest BCUT2D eigenvalue weighted by molar-refractivity contribution is -0.132. The molecular weight excluding hydrogens is 516 g/mol. The molecule has 1 aliphatic carbocycles. The smallest absolute Gasteiger partial charge is 0.330 e. The van der Waals surface area contributed by atoms with E-state index in [2.05, 4.69) is 93.2 Å². The van der Waals surface area contributed by atoms with Gasteiger partial charge in [0.05, 0.1) is 0 Å². The van der Waals surface area contributed by atoms with Crippen molar-refractivity contribution in [3.63, 3.8) is 0 Å². The zero-order valence-corrected chi connectivity index (χ0v) is 25.9. The Kier molecular flexibility index (Phi) is 11.2. The number of hydrogen-bond donors (Lipinski definition) is 1. The summed E-state index contributed by atoms with van der Waals surface area (Å²) in [6.07, 6.45) is 14.9. The van der Waals surface area contributed by atoms with Crippen molar-refractivity contribution in [1.29, 1.82) is 0 Å². The minimum Gasteiger partial charge on any atom is -0.482 e. The summed E-state index contributed by atoms with van der Waals surface area (Å²) in [5, 5.41) is 13.3. The average Bonchev–Trinajstić information content (AvgIpc) is 3.01. The topological polar surface area (TPSA) is 46.5 Å². The fraction of sp³-hybridized carbons (Fsp3) is 0.410. The van der Waals surface area contributed by atoms with Crippen LogP contribution in [-0.4, -0.2) is 11.1 Å². The number of carboxylic acids is 1. The van der Waals surface area contributed by atoms with Crippen LogP contribution in [0.3, 0.4) is 0 Å². The summed E-state index contributed by atoms with van der Waals surface area (Å²) >= 11 is 0. The van der Waals surface area contributed by atoms with E-state index in [9.17, 15) is 4.79 Å². The summed E-state index contributed by atoms with van der Waals surface area (Å²) in [5.41, 5.74) is 4.21. The molecule has 0 bridgehead atoms. The van der Waals surface area contributed by atoms with Crippen LogP contribution in [0.1, 0.15) is 102 Å². The van der Waals surface area contributed by atoms with Gasteiger partial charge >= 0.3 is 5.97 Å². The van der Waals surface area contributed by atoms with Crippen LogP contribution in [-0.2, 0) is 23.2 Å². The van der Waals surface area contributed by atoms with Crippen molar-refractivity contribution >= 4 is 27.5 Å². The van der Waals surface area contributed by atoms with Crippen LogP contribution in [0.5, 0.6) is 5.75 Å². The highest BCUT2D eigenvalue weighted by atomic mass is 16.5. The van der Waals surface area contributed by atoms with E-state index >= 15 is 0 Å². The Balaban J connectivity index is 0.000000612. The SMILES string of the molecule is C=C(C)C(=O)O.CCCCCCCCCc1ccccc1OC1(CC)CCCc2c1ccc1c2ccc2ccccc21. The zero-order valence-electron chi connectivity index (χ0n) is 25.9. The fourth-order valence-electron chi connectivity index (χ4n) is 6.37. The molecule has 4 aromatic rings. The van der Waals surface area contributed by atoms with E-state index in [-0.39, 0.29) is 11.2 Å². The van der Waals surface area contributed by atoms with E-state index in [0.717, 1.165) is 31.4 Å². The van der Waals surface area contributed by atoms with E-state index in [1.807, 2.05) is 0 Å². The Bertz CT molecular complexity index is 1490. The third-order valence-electron chi connectivity index (χ3n) is 8.80. The number of ether oxygens (including phenoxy) is 1. The van der Waals surface area contributed by atoms with Crippen LogP contribution in [0.25, 0.3) is 21.5 Å². The Morgan fingerprint density at radius 3 is 2.24 bits per heavy atom. The van der Waals surface area contributed by atoms with E-state index in [4.69, 9.17) is 9.84 Å². The van der Waals surface area contributed by atoms with Crippen molar-refractivity contribution in [2.24, 2.45) is 0 Å². The second-order valence-electron chi connectivity index (χ2n) is 11.8. The summed E-state index contributed by atoms with van der Waals surface area (Å²) < 4.78 is 7.10. The summed E-state index contributed by atoms with van der Waals surface area (Å²) in [6, 6.07) is 26.9. The molecule has 42 heavy (non-hydrogen) atoms.